The molecule has 0 bridgehead atoms. The zero-order valence-corrected chi connectivity index (χ0v) is 21.9. The van der Waals surface area contributed by atoms with Crippen molar-refractivity contribution in [2.45, 2.75) is 29.1 Å². The molecular weight excluding hydrogens is 560 g/mol. The average molecular weight is 583 g/mol. The minimum atomic E-state index is -3.64. The van der Waals surface area contributed by atoms with Gasteiger partial charge in [0.15, 0.2) is 5.88 Å². The lowest BCUT2D eigenvalue weighted by atomic mass is 9.77. The molecule has 10 nitrogen and oxygen atoms in total. The van der Waals surface area contributed by atoms with Gasteiger partial charge in [-0.25, -0.2) is 13.2 Å². The van der Waals surface area contributed by atoms with Crippen LogP contribution in [0.5, 0.6) is 11.6 Å². The first-order valence-corrected chi connectivity index (χ1v) is 13.9. The van der Waals surface area contributed by atoms with E-state index in [9.17, 15) is 23.1 Å². The number of nitrogens with one attached hydrogen (secondary N) is 2. The summed E-state index contributed by atoms with van der Waals surface area (Å²) in [7, 11) is -2.09. The fourth-order valence-electron chi connectivity index (χ4n) is 4.94. The minimum absolute atomic E-state index is 0.00267. The van der Waals surface area contributed by atoms with E-state index in [1.807, 2.05) is 0 Å². The van der Waals surface area contributed by atoms with Gasteiger partial charge in [-0.15, -0.1) is 11.3 Å². The van der Waals surface area contributed by atoms with Crippen molar-refractivity contribution in [2.24, 2.45) is 5.92 Å². The van der Waals surface area contributed by atoms with Crippen LogP contribution in [0.1, 0.15) is 12.8 Å². The molecule has 35 heavy (non-hydrogen) atoms. The van der Waals surface area contributed by atoms with Gasteiger partial charge in [-0.2, -0.15) is 4.31 Å². The minimum Gasteiger partial charge on any atom is -0.497 e. The first-order valence-electron chi connectivity index (χ1n) is 10.9. The number of amides is 3. The van der Waals surface area contributed by atoms with Gasteiger partial charge in [0.2, 0.25) is 0 Å². The summed E-state index contributed by atoms with van der Waals surface area (Å²) in [6.07, 6.45) is 2.45. The molecule has 0 aliphatic carbocycles. The molecule has 3 amide bonds. The van der Waals surface area contributed by atoms with E-state index >= 15 is 0 Å². The third-order valence-corrected chi connectivity index (χ3v) is 10.7. The molecule has 1 aromatic carbocycles. The summed E-state index contributed by atoms with van der Waals surface area (Å²) in [4.78, 5) is 25.3. The summed E-state index contributed by atoms with van der Waals surface area (Å²) in [5, 5.41) is 17.3. The van der Waals surface area contributed by atoms with E-state index in [2.05, 4.69) is 26.6 Å². The van der Waals surface area contributed by atoms with Crippen LogP contribution in [0.15, 0.2) is 44.5 Å². The standard InChI is InChI=1S/C22H23BrN4O6S2/c1-33-15-2-3-16-13(10-15)11-26(19(16)28)12-22(20(29)24-21(30)25-22)14-6-8-27(9-7-14)35(31,32)18-5-4-17(23)34-18/h2-5,10-11,14,28H,6-9,12H2,1H3,(H2,24,25,29,30). The van der Waals surface area contributed by atoms with E-state index < -0.39 is 27.5 Å². The topological polar surface area (TPSA) is 130 Å². The molecule has 1 atom stereocenters. The Morgan fingerprint density at radius 1 is 1.23 bits per heavy atom. The van der Waals surface area contributed by atoms with Crippen LogP contribution < -0.4 is 15.4 Å². The van der Waals surface area contributed by atoms with Crippen molar-refractivity contribution in [3.63, 3.8) is 0 Å². The number of ether oxygens (including phenoxy) is 1. The van der Waals surface area contributed by atoms with Crippen LogP contribution in [0.3, 0.4) is 0 Å². The fraction of sp³-hybridized carbons (Fsp3) is 0.364. The maximum atomic E-state index is 13.1. The first-order chi connectivity index (χ1) is 16.6. The molecule has 2 fully saturated rings. The van der Waals surface area contributed by atoms with E-state index in [0.717, 1.165) is 20.5 Å². The van der Waals surface area contributed by atoms with Crippen molar-refractivity contribution in [3.8, 4) is 11.6 Å². The summed E-state index contributed by atoms with van der Waals surface area (Å²) in [5.41, 5.74) is -1.32. The monoisotopic (exact) mass is 582 g/mol. The summed E-state index contributed by atoms with van der Waals surface area (Å²) in [5.74, 6) is -0.224. The lowest BCUT2D eigenvalue weighted by molar-refractivity contribution is -0.127. The highest BCUT2D eigenvalue weighted by Crippen LogP contribution is 2.38. The molecule has 2 aliphatic rings. The summed E-state index contributed by atoms with van der Waals surface area (Å²) < 4.78 is 35.3. The van der Waals surface area contributed by atoms with Crippen LogP contribution in [0.2, 0.25) is 0 Å². The van der Waals surface area contributed by atoms with Crippen LogP contribution in [-0.4, -0.2) is 60.1 Å². The first kappa shape index (κ1) is 24.1. The molecular formula is C22H23BrN4O6S2. The van der Waals surface area contributed by atoms with Crippen molar-refractivity contribution in [1.82, 2.24) is 19.5 Å². The Bertz CT molecular complexity index is 1430. The Labute approximate surface area is 214 Å². The normalized spacial score (nSPS) is 21.9. The predicted octanol–water partition coefficient (Wildman–Crippen LogP) is 2.86. The number of nitrogens with zero attached hydrogens (tertiary/aromatic N) is 2. The summed E-state index contributed by atoms with van der Waals surface area (Å²) in [6.45, 7) is 0.428. The number of hydrogen-bond acceptors (Lipinski definition) is 7. The van der Waals surface area contributed by atoms with Gasteiger partial charge in [-0.05, 0) is 65.0 Å². The van der Waals surface area contributed by atoms with E-state index in [-0.39, 0.29) is 35.6 Å². The molecule has 3 aromatic rings. The van der Waals surface area contributed by atoms with E-state index in [0.29, 0.717) is 24.0 Å². The molecule has 4 heterocycles. The predicted molar refractivity (Wildman–Crippen MR) is 133 cm³/mol. The number of urea groups is 1. The molecule has 0 spiro atoms. The highest BCUT2D eigenvalue weighted by atomic mass is 79.9. The number of carbonyl (C=O) groups is 2. The summed E-state index contributed by atoms with van der Waals surface area (Å²) >= 11 is 4.45. The van der Waals surface area contributed by atoms with Gasteiger partial charge in [-0.1, -0.05) is 0 Å². The van der Waals surface area contributed by atoms with Crippen LogP contribution in [0.25, 0.3) is 10.8 Å². The van der Waals surface area contributed by atoms with E-state index in [1.54, 1.807) is 48.2 Å². The lowest BCUT2D eigenvalue weighted by Gasteiger charge is -2.40. The van der Waals surface area contributed by atoms with Gasteiger partial charge in [0.05, 0.1) is 17.4 Å². The Morgan fingerprint density at radius 3 is 2.57 bits per heavy atom. The van der Waals surface area contributed by atoms with Crippen LogP contribution in [0, 0.1) is 5.92 Å². The number of sulfonamides is 1. The second-order valence-corrected chi connectivity index (χ2v) is 13.3. The number of rotatable bonds is 6. The van der Waals surface area contributed by atoms with Crippen molar-refractivity contribution < 1.29 is 27.9 Å². The summed E-state index contributed by atoms with van der Waals surface area (Å²) in [6, 6.07) is 7.89. The van der Waals surface area contributed by atoms with Gasteiger partial charge < -0.3 is 19.7 Å². The van der Waals surface area contributed by atoms with Gasteiger partial charge in [0.1, 0.15) is 15.5 Å². The molecule has 2 saturated heterocycles. The Hall–Kier alpha value is -2.61. The van der Waals surface area contributed by atoms with Crippen LogP contribution >= 0.6 is 27.3 Å². The van der Waals surface area contributed by atoms with E-state index in [1.165, 1.54) is 4.31 Å². The van der Waals surface area contributed by atoms with Crippen molar-refractivity contribution in [2.75, 3.05) is 20.2 Å². The van der Waals surface area contributed by atoms with Crippen molar-refractivity contribution in [1.29, 1.82) is 0 Å². The number of hydrogen-bond donors (Lipinski definition) is 3. The molecule has 13 heteroatoms. The average Bonchev–Trinajstić information content (AvgIpc) is 3.50. The lowest BCUT2D eigenvalue weighted by Crippen LogP contribution is -2.58. The highest BCUT2D eigenvalue weighted by Gasteiger charge is 2.53. The van der Waals surface area contributed by atoms with Gasteiger partial charge >= 0.3 is 6.03 Å². The second-order valence-electron chi connectivity index (χ2n) is 8.65. The highest BCUT2D eigenvalue weighted by molar-refractivity contribution is 9.11. The number of halogens is 1. The third-order valence-electron chi connectivity index (χ3n) is 6.75. The maximum absolute atomic E-state index is 13.1. The fourth-order valence-corrected chi connectivity index (χ4v) is 8.57. The number of methoxy groups -OCH3 is 1. The van der Waals surface area contributed by atoms with Crippen molar-refractivity contribution in [3.05, 3.63) is 40.3 Å². The largest absolute Gasteiger partial charge is 0.497 e. The molecule has 2 aromatic heterocycles. The molecule has 0 radical (unpaired) electrons. The number of fused-ring (bicyclic) bond motifs is 1. The van der Waals surface area contributed by atoms with Crippen LogP contribution in [0.4, 0.5) is 4.79 Å². The van der Waals surface area contributed by atoms with Gasteiger partial charge in [-0.3, -0.25) is 10.1 Å². The van der Waals surface area contributed by atoms with Gasteiger partial charge in [0, 0.05) is 30.1 Å². The molecule has 3 N–H and O–H groups in total. The molecule has 0 saturated carbocycles. The van der Waals surface area contributed by atoms with Crippen molar-refractivity contribution >= 4 is 60.0 Å². The van der Waals surface area contributed by atoms with Gasteiger partial charge in [0.25, 0.3) is 15.9 Å². The van der Waals surface area contributed by atoms with E-state index in [4.69, 9.17) is 4.74 Å². The Balaban J connectivity index is 1.42. The quantitative estimate of drug-likeness (QED) is 0.383. The number of thiophene rings is 1. The smallest absolute Gasteiger partial charge is 0.322 e. The SMILES string of the molecule is COc1ccc2c(O)n(CC3(C4CCN(S(=O)(=O)c5ccc(Br)s5)CC4)NC(=O)NC3=O)cc2c1. The number of aromatic nitrogens is 1. The number of imide groups is 1. The Kier molecular flexibility index (Phi) is 6.06. The maximum Gasteiger partial charge on any atom is 0.322 e. The Morgan fingerprint density at radius 2 is 1.97 bits per heavy atom. The zero-order chi connectivity index (χ0) is 25.0. The molecule has 5 rings (SSSR count). The zero-order valence-electron chi connectivity index (χ0n) is 18.7. The number of benzene rings is 1. The number of aromatic hydroxyl groups is 1. The van der Waals surface area contributed by atoms with Crippen LogP contribution in [-0.2, 0) is 21.4 Å². The second kappa shape index (κ2) is 8.80. The third kappa shape index (κ3) is 4.09. The molecule has 2 aliphatic heterocycles. The number of carbonyl (C=O) groups excluding carboxylic acids is 2. The molecule has 186 valence electrons. The number of piperidine rings is 1. The molecule has 1 unspecified atom stereocenters.